The van der Waals surface area contributed by atoms with E-state index < -0.39 is 21.4 Å². The fraction of sp³-hybridized carbons (Fsp3) is 0. The molecule has 112 valence electrons. The summed E-state index contributed by atoms with van der Waals surface area (Å²) >= 11 is 0. The standard InChI is InChI=1S/C13H9N3O6/c14-13(17)8-1-6-12(11(7-8)16(20)21)22-10-4-2-9(3-5-10)15(18)19/h1-7H,(H2,14,17). The van der Waals surface area contributed by atoms with Gasteiger partial charge in [-0.3, -0.25) is 25.0 Å². The van der Waals surface area contributed by atoms with Crippen LogP contribution in [-0.2, 0) is 0 Å². The molecule has 2 aromatic carbocycles. The molecule has 0 aliphatic carbocycles. The predicted octanol–water partition coefficient (Wildman–Crippen LogP) is 2.39. The van der Waals surface area contributed by atoms with Crippen molar-refractivity contribution in [2.24, 2.45) is 5.73 Å². The molecule has 0 saturated heterocycles. The number of nitro benzene ring substituents is 2. The Morgan fingerprint density at radius 2 is 1.64 bits per heavy atom. The molecule has 0 radical (unpaired) electrons. The van der Waals surface area contributed by atoms with E-state index in [1.807, 2.05) is 0 Å². The van der Waals surface area contributed by atoms with E-state index in [9.17, 15) is 25.0 Å². The van der Waals surface area contributed by atoms with Gasteiger partial charge >= 0.3 is 5.69 Å². The molecule has 0 saturated carbocycles. The summed E-state index contributed by atoms with van der Waals surface area (Å²) in [6.45, 7) is 0. The Morgan fingerprint density at radius 3 is 2.14 bits per heavy atom. The molecule has 0 fully saturated rings. The van der Waals surface area contributed by atoms with Crippen molar-refractivity contribution < 1.29 is 19.4 Å². The quantitative estimate of drug-likeness (QED) is 0.664. The fourth-order valence-electron chi connectivity index (χ4n) is 1.66. The lowest BCUT2D eigenvalue weighted by Crippen LogP contribution is -2.11. The second-order valence-corrected chi connectivity index (χ2v) is 4.16. The monoisotopic (exact) mass is 303 g/mol. The molecule has 0 aliphatic heterocycles. The summed E-state index contributed by atoms with van der Waals surface area (Å²) in [5.41, 5.74) is 4.47. The molecule has 2 rings (SSSR count). The maximum atomic E-state index is 11.0. The Hall–Kier alpha value is -3.49. The summed E-state index contributed by atoms with van der Waals surface area (Å²) in [4.78, 5) is 31.3. The predicted molar refractivity (Wildman–Crippen MR) is 74.8 cm³/mol. The van der Waals surface area contributed by atoms with E-state index >= 15 is 0 Å². The van der Waals surface area contributed by atoms with E-state index in [2.05, 4.69) is 0 Å². The van der Waals surface area contributed by atoms with Crippen LogP contribution in [0.4, 0.5) is 11.4 Å². The van der Waals surface area contributed by atoms with Crippen molar-refractivity contribution in [1.82, 2.24) is 0 Å². The Labute approximate surface area is 123 Å². The molecule has 0 aromatic heterocycles. The summed E-state index contributed by atoms with van der Waals surface area (Å²) in [5.74, 6) is -0.727. The zero-order valence-electron chi connectivity index (χ0n) is 11.0. The van der Waals surface area contributed by atoms with Crippen LogP contribution in [-0.4, -0.2) is 15.8 Å². The molecule has 0 aliphatic rings. The Morgan fingerprint density at radius 1 is 1.00 bits per heavy atom. The number of nitrogens with two attached hydrogens (primary N) is 1. The molecule has 9 heteroatoms. The molecule has 0 spiro atoms. The fourth-order valence-corrected chi connectivity index (χ4v) is 1.66. The van der Waals surface area contributed by atoms with Gasteiger partial charge in [0, 0.05) is 23.8 Å². The van der Waals surface area contributed by atoms with Crippen LogP contribution in [0.25, 0.3) is 0 Å². The number of rotatable bonds is 5. The summed E-state index contributed by atoms with van der Waals surface area (Å²) in [6, 6.07) is 8.56. The second-order valence-electron chi connectivity index (χ2n) is 4.16. The third-order valence-corrected chi connectivity index (χ3v) is 2.72. The van der Waals surface area contributed by atoms with Crippen LogP contribution in [0.3, 0.4) is 0 Å². The number of hydrogen-bond donors (Lipinski definition) is 1. The minimum atomic E-state index is -0.801. The van der Waals surface area contributed by atoms with E-state index in [1.54, 1.807) is 0 Å². The van der Waals surface area contributed by atoms with Gasteiger partial charge in [0.15, 0.2) is 0 Å². The van der Waals surface area contributed by atoms with Gasteiger partial charge < -0.3 is 10.5 Å². The van der Waals surface area contributed by atoms with Gasteiger partial charge in [0.05, 0.1) is 9.85 Å². The minimum Gasteiger partial charge on any atom is -0.450 e. The van der Waals surface area contributed by atoms with Crippen molar-refractivity contribution in [3.63, 3.8) is 0 Å². The first-order chi connectivity index (χ1) is 10.4. The van der Waals surface area contributed by atoms with Crippen molar-refractivity contribution in [3.05, 3.63) is 68.3 Å². The highest BCUT2D eigenvalue weighted by molar-refractivity contribution is 5.93. The topological polar surface area (TPSA) is 139 Å². The lowest BCUT2D eigenvalue weighted by molar-refractivity contribution is -0.385. The molecule has 9 nitrogen and oxygen atoms in total. The maximum absolute atomic E-state index is 11.0. The number of nitrogens with zero attached hydrogens (tertiary/aromatic N) is 2. The van der Waals surface area contributed by atoms with Gasteiger partial charge in [0.1, 0.15) is 5.75 Å². The summed E-state index contributed by atoms with van der Waals surface area (Å²) < 4.78 is 5.32. The van der Waals surface area contributed by atoms with E-state index in [1.165, 1.54) is 36.4 Å². The zero-order valence-corrected chi connectivity index (χ0v) is 11.0. The number of hydrogen-bond acceptors (Lipinski definition) is 6. The van der Waals surface area contributed by atoms with E-state index in [-0.39, 0.29) is 22.7 Å². The van der Waals surface area contributed by atoms with Crippen molar-refractivity contribution in [3.8, 4) is 11.5 Å². The molecular weight excluding hydrogens is 294 g/mol. The van der Waals surface area contributed by atoms with Gasteiger partial charge in [-0.05, 0) is 24.3 Å². The van der Waals surface area contributed by atoms with Crippen LogP contribution in [0, 0.1) is 20.2 Å². The lowest BCUT2D eigenvalue weighted by Gasteiger charge is -2.07. The maximum Gasteiger partial charge on any atom is 0.312 e. The number of non-ortho nitro benzene ring substituents is 1. The van der Waals surface area contributed by atoms with E-state index in [0.717, 1.165) is 6.07 Å². The summed E-state index contributed by atoms with van der Waals surface area (Å²) in [5, 5.41) is 21.6. The van der Waals surface area contributed by atoms with Crippen LogP contribution in [0.2, 0.25) is 0 Å². The molecule has 0 bridgehead atoms. The smallest absolute Gasteiger partial charge is 0.312 e. The molecule has 0 atom stereocenters. The molecule has 22 heavy (non-hydrogen) atoms. The van der Waals surface area contributed by atoms with Crippen LogP contribution < -0.4 is 10.5 Å². The lowest BCUT2D eigenvalue weighted by atomic mass is 10.2. The second kappa shape index (κ2) is 5.87. The van der Waals surface area contributed by atoms with Gasteiger partial charge in [-0.1, -0.05) is 0 Å². The Kier molecular flexibility index (Phi) is 3.98. The van der Waals surface area contributed by atoms with Gasteiger partial charge in [-0.15, -0.1) is 0 Å². The number of ether oxygens (including phenoxy) is 1. The average molecular weight is 303 g/mol. The number of nitro groups is 2. The van der Waals surface area contributed by atoms with Crippen LogP contribution in [0.5, 0.6) is 11.5 Å². The van der Waals surface area contributed by atoms with Gasteiger partial charge in [0.2, 0.25) is 11.7 Å². The minimum absolute atomic E-state index is 0.0252. The third kappa shape index (κ3) is 3.15. The zero-order chi connectivity index (χ0) is 16.3. The van der Waals surface area contributed by atoms with Crippen LogP contribution >= 0.6 is 0 Å². The summed E-state index contributed by atoms with van der Waals surface area (Å²) in [7, 11) is 0. The first-order valence-electron chi connectivity index (χ1n) is 5.89. The van der Waals surface area contributed by atoms with Crippen molar-refractivity contribution >= 4 is 17.3 Å². The number of benzene rings is 2. The Balaban J connectivity index is 2.34. The number of carbonyl (C=O) groups is 1. The summed E-state index contributed by atoms with van der Waals surface area (Å²) in [6.07, 6.45) is 0. The average Bonchev–Trinajstić information content (AvgIpc) is 2.47. The van der Waals surface area contributed by atoms with Gasteiger partial charge in [-0.2, -0.15) is 0 Å². The molecule has 2 aromatic rings. The highest BCUT2D eigenvalue weighted by Crippen LogP contribution is 2.32. The molecule has 1 amide bonds. The SMILES string of the molecule is NC(=O)c1ccc(Oc2ccc([N+](=O)[O-])cc2)c([N+](=O)[O-])c1. The molecule has 2 N–H and O–H groups in total. The third-order valence-electron chi connectivity index (χ3n) is 2.72. The number of amides is 1. The number of carbonyl (C=O) groups excluding carboxylic acids is 1. The first kappa shape index (κ1) is 14.9. The van der Waals surface area contributed by atoms with Gasteiger partial charge in [0.25, 0.3) is 5.69 Å². The van der Waals surface area contributed by atoms with Crippen molar-refractivity contribution in [1.29, 1.82) is 0 Å². The van der Waals surface area contributed by atoms with E-state index in [0.29, 0.717) is 0 Å². The Bertz CT molecular complexity index is 757. The van der Waals surface area contributed by atoms with Crippen LogP contribution in [0.15, 0.2) is 42.5 Å². The van der Waals surface area contributed by atoms with Crippen molar-refractivity contribution in [2.45, 2.75) is 0 Å². The molecular formula is C13H9N3O6. The van der Waals surface area contributed by atoms with Crippen molar-refractivity contribution in [2.75, 3.05) is 0 Å². The highest BCUT2D eigenvalue weighted by Gasteiger charge is 2.18. The first-order valence-corrected chi connectivity index (χ1v) is 5.89. The normalized spacial score (nSPS) is 10.0. The van der Waals surface area contributed by atoms with Gasteiger partial charge in [-0.25, -0.2) is 0 Å². The van der Waals surface area contributed by atoms with E-state index in [4.69, 9.17) is 10.5 Å². The highest BCUT2D eigenvalue weighted by atomic mass is 16.6. The largest absolute Gasteiger partial charge is 0.450 e. The molecule has 0 unspecified atom stereocenters. The van der Waals surface area contributed by atoms with Crippen LogP contribution in [0.1, 0.15) is 10.4 Å². The molecule has 0 heterocycles. The number of primary amides is 1.